The van der Waals surface area contributed by atoms with Crippen LogP contribution in [0.4, 0.5) is 10.2 Å². The highest BCUT2D eigenvalue weighted by Gasteiger charge is 2.34. The van der Waals surface area contributed by atoms with Gasteiger partial charge in [0.15, 0.2) is 11.6 Å². The molecule has 4 rings (SSSR count). The Labute approximate surface area is 100 Å². The Morgan fingerprint density at radius 3 is 2.76 bits per heavy atom. The summed E-state index contributed by atoms with van der Waals surface area (Å²) in [6, 6.07) is 0.335. The van der Waals surface area contributed by atoms with Crippen molar-refractivity contribution in [2.75, 3.05) is 25.0 Å². The lowest BCUT2D eigenvalue weighted by Crippen LogP contribution is -2.53. The quantitative estimate of drug-likeness (QED) is 0.843. The van der Waals surface area contributed by atoms with Gasteiger partial charge in [0, 0.05) is 12.6 Å². The standard InChI is InChI=1S/C12H17FN4/c1-8-11(13)12(15-7-14-8)16-10-6-17-4-2-9(10)3-5-17/h7,9-10H,2-6H2,1H3,(H,14,15,16). The molecule has 4 nitrogen and oxygen atoms in total. The SMILES string of the molecule is Cc1ncnc(NC2CN3CCC2CC3)c1F. The minimum atomic E-state index is -0.316. The number of piperidine rings is 3. The van der Waals surface area contributed by atoms with Crippen LogP contribution < -0.4 is 5.32 Å². The maximum atomic E-state index is 13.8. The highest BCUT2D eigenvalue weighted by atomic mass is 19.1. The molecular weight excluding hydrogens is 219 g/mol. The Morgan fingerprint density at radius 2 is 2.12 bits per heavy atom. The number of rotatable bonds is 2. The molecule has 0 spiro atoms. The number of hydrogen-bond donors (Lipinski definition) is 1. The van der Waals surface area contributed by atoms with E-state index < -0.39 is 0 Å². The van der Waals surface area contributed by atoms with E-state index in [0.717, 1.165) is 6.54 Å². The lowest BCUT2D eigenvalue weighted by atomic mass is 9.84. The third kappa shape index (κ3) is 1.99. The lowest BCUT2D eigenvalue weighted by Gasteiger charge is -2.45. The summed E-state index contributed by atoms with van der Waals surface area (Å²) < 4.78 is 13.8. The van der Waals surface area contributed by atoms with E-state index in [0.29, 0.717) is 23.5 Å². The van der Waals surface area contributed by atoms with Crippen molar-refractivity contribution in [3.05, 3.63) is 17.8 Å². The Hall–Kier alpha value is -1.23. The summed E-state index contributed by atoms with van der Waals surface area (Å²) >= 11 is 0. The Kier molecular flexibility index (Phi) is 2.70. The molecule has 1 atom stereocenters. The van der Waals surface area contributed by atoms with Crippen molar-refractivity contribution in [2.24, 2.45) is 5.92 Å². The third-order valence-electron chi connectivity index (χ3n) is 3.94. The molecule has 0 radical (unpaired) electrons. The minimum Gasteiger partial charge on any atom is -0.363 e. The van der Waals surface area contributed by atoms with Crippen LogP contribution in [0.3, 0.4) is 0 Å². The molecule has 0 aromatic carbocycles. The summed E-state index contributed by atoms with van der Waals surface area (Å²) in [5, 5.41) is 3.25. The van der Waals surface area contributed by atoms with E-state index in [2.05, 4.69) is 20.2 Å². The summed E-state index contributed by atoms with van der Waals surface area (Å²) in [6.45, 7) is 5.05. The van der Waals surface area contributed by atoms with Crippen molar-refractivity contribution in [1.29, 1.82) is 0 Å². The molecule has 0 aliphatic carbocycles. The number of aromatic nitrogens is 2. The van der Waals surface area contributed by atoms with Crippen LogP contribution in [0.5, 0.6) is 0 Å². The van der Waals surface area contributed by atoms with Gasteiger partial charge in [0.1, 0.15) is 6.33 Å². The van der Waals surface area contributed by atoms with Gasteiger partial charge in [-0.2, -0.15) is 0 Å². The zero-order valence-corrected chi connectivity index (χ0v) is 9.99. The Morgan fingerprint density at radius 1 is 1.35 bits per heavy atom. The molecule has 1 N–H and O–H groups in total. The number of nitrogens with zero attached hydrogens (tertiary/aromatic N) is 3. The molecule has 5 heteroatoms. The predicted molar refractivity (Wildman–Crippen MR) is 63.3 cm³/mol. The number of halogens is 1. The summed E-state index contributed by atoms with van der Waals surface area (Å²) in [7, 11) is 0. The zero-order chi connectivity index (χ0) is 11.8. The Balaban J connectivity index is 1.76. The first kappa shape index (κ1) is 10.9. The zero-order valence-electron chi connectivity index (χ0n) is 9.99. The fourth-order valence-electron chi connectivity index (χ4n) is 2.86. The van der Waals surface area contributed by atoms with E-state index in [1.807, 2.05) is 0 Å². The van der Waals surface area contributed by atoms with Crippen LogP contribution in [0, 0.1) is 18.7 Å². The van der Waals surface area contributed by atoms with Crippen LogP contribution in [-0.2, 0) is 0 Å². The van der Waals surface area contributed by atoms with Crippen LogP contribution >= 0.6 is 0 Å². The molecule has 92 valence electrons. The van der Waals surface area contributed by atoms with Gasteiger partial charge in [0.25, 0.3) is 0 Å². The van der Waals surface area contributed by atoms with E-state index in [-0.39, 0.29) is 5.82 Å². The van der Waals surface area contributed by atoms with E-state index >= 15 is 0 Å². The maximum Gasteiger partial charge on any atom is 0.186 e. The normalized spacial score (nSPS) is 31.5. The van der Waals surface area contributed by atoms with Crippen LogP contribution in [0.1, 0.15) is 18.5 Å². The topological polar surface area (TPSA) is 41.1 Å². The van der Waals surface area contributed by atoms with Crippen molar-refractivity contribution < 1.29 is 4.39 Å². The second kappa shape index (κ2) is 4.22. The van der Waals surface area contributed by atoms with Gasteiger partial charge in [-0.1, -0.05) is 0 Å². The third-order valence-corrected chi connectivity index (χ3v) is 3.94. The van der Waals surface area contributed by atoms with E-state index in [4.69, 9.17) is 0 Å². The van der Waals surface area contributed by atoms with Crippen LogP contribution in [0.25, 0.3) is 0 Å². The number of hydrogen-bond acceptors (Lipinski definition) is 4. The minimum absolute atomic E-state index is 0.316. The van der Waals surface area contributed by atoms with Crippen molar-refractivity contribution in [1.82, 2.24) is 14.9 Å². The van der Waals surface area contributed by atoms with Gasteiger partial charge >= 0.3 is 0 Å². The number of fused-ring (bicyclic) bond motifs is 3. The first-order valence-electron chi connectivity index (χ1n) is 6.20. The molecule has 4 heterocycles. The first-order chi connectivity index (χ1) is 8.24. The van der Waals surface area contributed by atoms with E-state index in [9.17, 15) is 4.39 Å². The highest BCUT2D eigenvalue weighted by molar-refractivity contribution is 5.38. The second-order valence-electron chi connectivity index (χ2n) is 5.01. The van der Waals surface area contributed by atoms with Gasteiger partial charge in [-0.25, -0.2) is 14.4 Å². The summed E-state index contributed by atoms with van der Waals surface area (Å²) in [5.41, 5.74) is 0.406. The average molecular weight is 236 g/mol. The maximum absolute atomic E-state index is 13.8. The van der Waals surface area contributed by atoms with E-state index in [1.165, 1.54) is 32.3 Å². The average Bonchev–Trinajstić information content (AvgIpc) is 2.36. The summed E-state index contributed by atoms with van der Waals surface area (Å²) in [6.07, 6.45) is 3.84. The van der Waals surface area contributed by atoms with E-state index in [1.54, 1.807) is 6.92 Å². The summed E-state index contributed by atoms with van der Waals surface area (Å²) in [5.74, 6) is 0.704. The second-order valence-corrected chi connectivity index (χ2v) is 5.01. The fourth-order valence-corrected chi connectivity index (χ4v) is 2.86. The molecule has 3 fully saturated rings. The van der Waals surface area contributed by atoms with Crippen molar-refractivity contribution >= 4 is 5.82 Å². The molecule has 0 saturated carbocycles. The molecule has 1 aromatic rings. The van der Waals surface area contributed by atoms with Gasteiger partial charge < -0.3 is 10.2 Å². The first-order valence-corrected chi connectivity index (χ1v) is 6.20. The predicted octanol–water partition coefficient (Wildman–Crippen LogP) is 1.43. The monoisotopic (exact) mass is 236 g/mol. The fraction of sp³-hybridized carbons (Fsp3) is 0.667. The molecule has 17 heavy (non-hydrogen) atoms. The molecule has 2 bridgehead atoms. The van der Waals surface area contributed by atoms with Gasteiger partial charge in [-0.3, -0.25) is 0 Å². The van der Waals surface area contributed by atoms with Crippen molar-refractivity contribution in [3.63, 3.8) is 0 Å². The van der Waals surface area contributed by atoms with Crippen molar-refractivity contribution in [3.8, 4) is 0 Å². The molecule has 3 saturated heterocycles. The molecule has 3 aliphatic rings. The van der Waals surface area contributed by atoms with Crippen LogP contribution in [0.15, 0.2) is 6.33 Å². The molecule has 1 aromatic heterocycles. The van der Waals surface area contributed by atoms with Crippen molar-refractivity contribution in [2.45, 2.75) is 25.8 Å². The largest absolute Gasteiger partial charge is 0.363 e. The summed E-state index contributed by atoms with van der Waals surface area (Å²) in [4.78, 5) is 10.3. The number of anilines is 1. The van der Waals surface area contributed by atoms with Gasteiger partial charge in [-0.15, -0.1) is 0 Å². The number of nitrogens with one attached hydrogen (secondary N) is 1. The highest BCUT2D eigenvalue weighted by Crippen LogP contribution is 2.29. The molecule has 0 amide bonds. The molecule has 1 unspecified atom stereocenters. The van der Waals surface area contributed by atoms with Crippen LogP contribution in [0.2, 0.25) is 0 Å². The lowest BCUT2D eigenvalue weighted by molar-refractivity contribution is 0.0972. The van der Waals surface area contributed by atoms with Gasteiger partial charge in [-0.05, 0) is 38.8 Å². The van der Waals surface area contributed by atoms with Gasteiger partial charge in [0.2, 0.25) is 0 Å². The van der Waals surface area contributed by atoms with Gasteiger partial charge in [0.05, 0.1) is 5.69 Å². The molecular formula is C12H17FN4. The number of aryl methyl sites for hydroxylation is 1. The smallest absolute Gasteiger partial charge is 0.186 e. The Bertz CT molecular complexity index is 415. The molecule has 3 aliphatic heterocycles. The van der Waals surface area contributed by atoms with Crippen LogP contribution in [-0.4, -0.2) is 40.5 Å².